The van der Waals surface area contributed by atoms with E-state index >= 15 is 0 Å². The second kappa shape index (κ2) is 5.55. The molecule has 1 rings (SSSR count). The van der Waals surface area contributed by atoms with Crippen molar-refractivity contribution in [2.75, 3.05) is 6.61 Å². The van der Waals surface area contributed by atoms with Gasteiger partial charge in [-0.2, -0.15) is 13.2 Å². The lowest BCUT2D eigenvalue weighted by atomic mass is 10.1. The molecule has 100 valence electrons. The minimum atomic E-state index is -4.95. The van der Waals surface area contributed by atoms with Gasteiger partial charge in [-0.05, 0) is 18.2 Å². The van der Waals surface area contributed by atoms with E-state index in [4.69, 9.17) is 5.11 Å². The van der Waals surface area contributed by atoms with Crippen LogP contribution in [0.3, 0.4) is 0 Å². The fraction of sp³-hybridized carbons (Fsp3) is 0.300. The van der Waals surface area contributed by atoms with Crippen LogP contribution in [0.15, 0.2) is 22.7 Å². The molecule has 1 unspecified atom stereocenters. The van der Waals surface area contributed by atoms with E-state index in [1.807, 2.05) is 0 Å². The van der Waals surface area contributed by atoms with Crippen molar-refractivity contribution in [1.29, 1.82) is 0 Å². The maximum Gasteiger partial charge on any atom is 0.405 e. The summed E-state index contributed by atoms with van der Waals surface area (Å²) in [5.41, 5.74) is 0. The van der Waals surface area contributed by atoms with E-state index in [9.17, 15) is 22.4 Å². The molecule has 0 aliphatic heterocycles. The average Bonchev–Trinajstić information content (AvgIpc) is 2.18. The molecule has 3 nitrogen and oxygen atoms in total. The lowest BCUT2D eigenvalue weighted by molar-refractivity contribution is -0.198. The van der Waals surface area contributed by atoms with Crippen molar-refractivity contribution in [3.05, 3.63) is 28.5 Å². The molecule has 0 fully saturated rings. The molecule has 0 bridgehead atoms. The number of carbonyl (C=O) groups is 1. The summed E-state index contributed by atoms with van der Waals surface area (Å²) in [5.74, 6) is -6.08. The third-order valence-corrected chi connectivity index (χ3v) is 2.49. The van der Waals surface area contributed by atoms with E-state index in [-0.39, 0.29) is 0 Å². The normalized spacial score (nSPS) is 13.2. The molecule has 0 aliphatic rings. The summed E-state index contributed by atoms with van der Waals surface area (Å²) in [6.45, 7) is -1.18. The molecule has 0 radical (unpaired) electrons. The summed E-state index contributed by atoms with van der Waals surface area (Å²) < 4.78 is 55.0. The average molecular weight is 331 g/mol. The highest BCUT2D eigenvalue weighted by atomic mass is 79.9. The van der Waals surface area contributed by atoms with Crippen LogP contribution in [0.25, 0.3) is 0 Å². The Morgan fingerprint density at radius 2 is 2.06 bits per heavy atom. The fourth-order valence-electron chi connectivity index (χ4n) is 1.07. The van der Waals surface area contributed by atoms with Crippen LogP contribution in [0.2, 0.25) is 0 Å². The summed E-state index contributed by atoms with van der Waals surface area (Å²) in [4.78, 5) is 10.4. The Labute approximate surface area is 107 Å². The molecular formula is C10H7BrF4O3. The summed E-state index contributed by atoms with van der Waals surface area (Å²) >= 11 is 2.96. The van der Waals surface area contributed by atoms with E-state index in [2.05, 4.69) is 20.7 Å². The molecule has 0 amide bonds. The lowest BCUT2D eigenvalue weighted by Gasteiger charge is -2.16. The first-order valence-corrected chi connectivity index (χ1v) is 5.38. The zero-order valence-electron chi connectivity index (χ0n) is 8.67. The lowest BCUT2D eigenvalue weighted by Crippen LogP contribution is -2.35. The first-order chi connectivity index (χ1) is 8.21. The third-order valence-electron chi connectivity index (χ3n) is 1.99. The Balaban J connectivity index is 2.77. The van der Waals surface area contributed by atoms with E-state index in [1.165, 1.54) is 6.07 Å². The van der Waals surface area contributed by atoms with Gasteiger partial charge in [0.2, 0.25) is 0 Å². The van der Waals surface area contributed by atoms with Crippen LogP contribution in [0.4, 0.5) is 17.6 Å². The molecule has 1 aromatic carbocycles. The highest BCUT2D eigenvalue weighted by molar-refractivity contribution is 9.10. The summed E-state index contributed by atoms with van der Waals surface area (Å²) in [6, 6.07) is 3.47. The molecule has 1 atom stereocenters. The van der Waals surface area contributed by atoms with Crippen molar-refractivity contribution in [3.63, 3.8) is 0 Å². The van der Waals surface area contributed by atoms with Crippen molar-refractivity contribution < 1.29 is 32.2 Å². The zero-order valence-corrected chi connectivity index (χ0v) is 10.3. The van der Waals surface area contributed by atoms with Gasteiger partial charge >= 0.3 is 12.1 Å². The monoisotopic (exact) mass is 330 g/mol. The number of benzene rings is 1. The minimum absolute atomic E-state index is 0.387. The fourth-order valence-corrected chi connectivity index (χ4v) is 1.40. The zero-order chi connectivity index (χ0) is 13.9. The first-order valence-electron chi connectivity index (χ1n) is 4.59. The number of rotatable bonds is 4. The summed E-state index contributed by atoms with van der Waals surface area (Å²) in [5, 5.41) is 8.40. The van der Waals surface area contributed by atoms with Gasteiger partial charge < -0.3 is 9.84 Å². The van der Waals surface area contributed by atoms with Crippen LogP contribution in [0.1, 0.15) is 0 Å². The standard InChI is InChI=1S/C10H7BrF4O3/c11-5-1-2-8(7(12)3-5)18-4-6(9(16)17)10(13,14)15/h1-3,6H,4H2,(H,16,17). The molecule has 0 heterocycles. The Hall–Kier alpha value is -1.31. The van der Waals surface area contributed by atoms with Gasteiger partial charge in [0.25, 0.3) is 0 Å². The van der Waals surface area contributed by atoms with Gasteiger partial charge in [0.05, 0.1) is 0 Å². The Bertz CT molecular complexity index is 447. The van der Waals surface area contributed by atoms with Crippen molar-refractivity contribution in [3.8, 4) is 5.75 Å². The third kappa shape index (κ3) is 3.86. The Kier molecular flexibility index (Phi) is 4.55. The van der Waals surface area contributed by atoms with Gasteiger partial charge in [0, 0.05) is 4.47 Å². The molecule has 1 aromatic rings. The van der Waals surface area contributed by atoms with Gasteiger partial charge in [-0.15, -0.1) is 0 Å². The number of hydrogen-bond acceptors (Lipinski definition) is 2. The summed E-state index contributed by atoms with van der Waals surface area (Å²) in [6.07, 6.45) is -4.95. The number of hydrogen-bond donors (Lipinski definition) is 1. The largest absolute Gasteiger partial charge is 0.489 e. The number of alkyl halides is 3. The van der Waals surface area contributed by atoms with Crippen LogP contribution >= 0.6 is 15.9 Å². The number of carboxylic acids is 1. The number of halogens is 5. The predicted molar refractivity (Wildman–Crippen MR) is 56.8 cm³/mol. The van der Waals surface area contributed by atoms with E-state index in [0.717, 1.165) is 12.1 Å². The van der Waals surface area contributed by atoms with Gasteiger partial charge in [-0.3, -0.25) is 4.79 Å². The first kappa shape index (κ1) is 14.7. The topological polar surface area (TPSA) is 46.5 Å². The van der Waals surface area contributed by atoms with Crippen molar-refractivity contribution in [1.82, 2.24) is 0 Å². The maximum absolute atomic E-state index is 13.2. The van der Waals surface area contributed by atoms with Crippen LogP contribution in [-0.4, -0.2) is 23.9 Å². The van der Waals surface area contributed by atoms with Crippen LogP contribution in [-0.2, 0) is 4.79 Å². The quantitative estimate of drug-likeness (QED) is 0.862. The second-order valence-corrected chi connectivity index (χ2v) is 4.23. The maximum atomic E-state index is 13.2. The van der Waals surface area contributed by atoms with Crippen LogP contribution in [0, 0.1) is 11.7 Å². The molecule has 0 aromatic heterocycles. The molecule has 0 spiro atoms. The molecule has 1 N–H and O–H groups in total. The van der Waals surface area contributed by atoms with Crippen LogP contribution < -0.4 is 4.74 Å². The number of ether oxygens (including phenoxy) is 1. The second-order valence-electron chi connectivity index (χ2n) is 3.32. The molecule has 0 saturated heterocycles. The van der Waals surface area contributed by atoms with Crippen molar-refractivity contribution in [2.45, 2.75) is 6.18 Å². The van der Waals surface area contributed by atoms with E-state index < -0.39 is 36.2 Å². The molecular weight excluding hydrogens is 324 g/mol. The SMILES string of the molecule is O=C(O)C(COc1ccc(Br)cc1F)C(F)(F)F. The molecule has 8 heteroatoms. The molecule has 18 heavy (non-hydrogen) atoms. The van der Waals surface area contributed by atoms with Gasteiger partial charge in [-0.1, -0.05) is 15.9 Å². The molecule has 0 saturated carbocycles. The molecule has 0 aliphatic carbocycles. The van der Waals surface area contributed by atoms with Gasteiger partial charge in [0.15, 0.2) is 17.5 Å². The van der Waals surface area contributed by atoms with Crippen molar-refractivity contribution in [2.24, 2.45) is 5.92 Å². The Morgan fingerprint density at radius 1 is 1.44 bits per heavy atom. The van der Waals surface area contributed by atoms with Gasteiger partial charge in [0.1, 0.15) is 6.61 Å². The number of carboxylic acid groups (broad SMARTS) is 1. The highest BCUT2D eigenvalue weighted by Gasteiger charge is 2.45. The van der Waals surface area contributed by atoms with E-state index in [1.54, 1.807) is 0 Å². The highest BCUT2D eigenvalue weighted by Crippen LogP contribution is 2.28. The summed E-state index contributed by atoms with van der Waals surface area (Å²) in [7, 11) is 0. The minimum Gasteiger partial charge on any atom is -0.489 e. The Morgan fingerprint density at radius 3 is 2.50 bits per heavy atom. The van der Waals surface area contributed by atoms with Crippen LogP contribution in [0.5, 0.6) is 5.75 Å². The predicted octanol–water partition coefficient (Wildman–Crippen LogP) is 3.23. The number of aliphatic carboxylic acids is 1. The van der Waals surface area contributed by atoms with Crippen molar-refractivity contribution >= 4 is 21.9 Å². The smallest absolute Gasteiger partial charge is 0.405 e. The van der Waals surface area contributed by atoms with E-state index in [0.29, 0.717) is 4.47 Å². The van der Waals surface area contributed by atoms with Gasteiger partial charge in [-0.25, -0.2) is 4.39 Å².